The van der Waals surface area contributed by atoms with Crippen LogP contribution in [0.4, 0.5) is 24.3 Å². The van der Waals surface area contributed by atoms with Gasteiger partial charge in [0.05, 0.1) is 5.57 Å². The van der Waals surface area contributed by atoms with E-state index in [-0.39, 0.29) is 34.0 Å². The van der Waals surface area contributed by atoms with E-state index in [4.69, 9.17) is 16.0 Å². The van der Waals surface area contributed by atoms with Crippen molar-refractivity contribution in [3.8, 4) is 0 Å². The summed E-state index contributed by atoms with van der Waals surface area (Å²) in [5, 5.41) is 13.7. The highest BCUT2D eigenvalue weighted by atomic mass is 35.5. The van der Waals surface area contributed by atoms with E-state index in [2.05, 4.69) is 36.1 Å². The number of nitrogens with one attached hydrogen (secondary N) is 3. The third-order valence-electron chi connectivity index (χ3n) is 5.09. The van der Waals surface area contributed by atoms with Crippen LogP contribution in [-0.2, 0) is 11.0 Å². The number of allylic oxidation sites excluding steroid dienone is 1. The van der Waals surface area contributed by atoms with Gasteiger partial charge in [0.2, 0.25) is 16.1 Å². The minimum absolute atomic E-state index is 0.134. The zero-order valence-electron chi connectivity index (χ0n) is 18.2. The molecule has 0 saturated heterocycles. The van der Waals surface area contributed by atoms with Crippen molar-refractivity contribution in [3.63, 3.8) is 0 Å². The van der Waals surface area contributed by atoms with Gasteiger partial charge < -0.3 is 9.73 Å². The number of carbonyl (C=O) groups is 1. The molecule has 9 nitrogen and oxygen atoms in total. The van der Waals surface area contributed by atoms with E-state index in [0.29, 0.717) is 27.4 Å². The van der Waals surface area contributed by atoms with Crippen molar-refractivity contribution in [2.24, 2.45) is 4.99 Å². The Balaban J connectivity index is 1.47. The smallest absolute Gasteiger partial charge is 0.423 e. The van der Waals surface area contributed by atoms with Gasteiger partial charge in [0.15, 0.2) is 5.58 Å². The molecule has 0 bridgehead atoms. The standard InChI is InChI=1S/C22H15ClF3N7O2S/c1-10-15(17(34)30-21-33-32-18(36-21)22(24,25)26)16(11-6-2-3-7-12(11)23)29-19(27-10)31-20-28-13-8-4-5-9-14(13)35-20/h2-9,16H,1H3,(H,30,33,34)(H2,27,28,29,31). The van der Waals surface area contributed by atoms with Crippen LogP contribution in [0.5, 0.6) is 0 Å². The minimum Gasteiger partial charge on any atom is -0.423 e. The molecule has 2 aromatic carbocycles. The topological polar surface area (TPSA) is 117 Å². The summed E-state index contributed by atoms with van der Waals surface area (Å²) in [5.74, 6) is -0.477. The summed E-state index contributed by atoms with van der Waals surface area (Å²) in [6.07, 6.45) is -4.67. The first-order valence-electron chi connectivity index (χ1n) is 10.3. The number of fused-ring (bicyclic) bond motifs is 1. The van der Waals surface area contributed by atoms with E-state index in [0.717, 1.165) is 0 Å². The predicted octanol–water partition coefficient (Wildman–Crippen LogP) is 5.38. The second-order valence-corrected chi connectivity index (χ2v) is 8.93. The number of amides is 1. The molecule has 1 amide bonds. The maximum Gasteiger partial charge on any atom is 0.445 e. The first-order chi connectivity index (χ1) is 17.2. The van der Waals surface area contributed by atoms with Crippen molar-refractivity contribution >= 4 is 57.1 Å². The highest BCUT2D eigenvalue weighted by molar-refractivity contribution is 7.15. The van der Waals surface area contributed by atoms with Gasteiger partial charge in [-0.3, -0.25) is 15.4 Å². The average molecular weight is 534 g/mol. The number of hydrogen-bond acceptors (Lipinski definition) is 9. The Hall–Kier alpha value is -3.97. The molecule has 3 heterocycles. The summed E-state index contributed by atoms with van der Waals surface area (Å²) in [4.78, 5) is 22.1. The molecule has 5 rings (SSSR count). The summed E-state index contributed by atoms with van der Waals surface area (Å²) in [6, 6.07) is 13.3. The zero-order chi connectivity index (χ0) is 25.4. The third-order valence-corrected chi connectivity index (χ3v) is 6.32. The van der Waals surface area contributed by atoms with Gasteiger partial charge in [-0.2, -0.15) is 18.2 Å². The zero-order valence-corrected chi connectivity index (χ0v) is 19.8. The number of aromatic nitrogens is 3. The maximum atomic E-state index is 13.2. The normalized spacial score (nSPS) is 16.0. The van der Waals surface area contributed by atoms with Gasteiger partial charge in [-0.15, -0.1) is 10.2 Å². The van der Waals surface area contributed by atoms with Gasteiger partial charge in [-0.25, -0.2) is 4.99 Å². The molecule has 0 fully saturated rings. The van der Waals surface area contributed by atoms with Crippen LogP contribution in [0.1, 0.15) is 23.5 Å². The highest BCUT2D eigenvalue weighted by Crippen LogP contribution is 2.37. The third kappa shape index (κ3) is 4.75. The molecule has 36 heavy (non-hydrogen) atoms. The SMILES string of the molecule is CC1=C(C(=O)Nc2nnc(C(F)(F)F)s2)C(c2ccccc2Cl)N=C(Nc2nc3ccccc3o2)N1. The number of hydrogen-bond donors (Lipinski definition) is 3. The van der Waals surface area contributed by atoms with Crippen LogP contribution < -0.4 is 16.0 Å². The van der Waals surface area contributed by atoms with Crippen molar-refractivity contribution in [2.75, 3.05) is 10.6 Å². The van der Waals surface area contributed by atoms with Gasteiger partial charge >= 0.3 is 12.2 Å². The molecule has 2 aromatic heterocycles. The van der Waals surface area contributed by atoms with Gasteiger partial charge in [0, 0.05) is 16.3 Å². The number of para-hydroxylation sites is 2. The lowest BCUT2D eigenvalue weighted by Crippen LogP contribution is -2.37. The quantitative estimate of drug-likeness (QED) is 0.322. The molecule has 1 aliphatic rings. The van der Waals surface area contributed by atoms with E-state index in [1.54, 1.807) is 43.3 Å². The van der Waals surface area contributed by atoms with Gasteiger partial charge in [0.1, 0.15) is 11.6 Å². The van der Waals surface area contributed by atoms with Crippen molar-refractivity contribution in [1.82, 2.24) is 20.5 Å². The minimum atomic E-state index is -4.67. The maximum absolute atomic E-state index is 13.2. The Kier molecular flexibility index (Phi) is 6.10. The number of rotatable bonds is 4. The number of aliphatic imine (C=N–C) groups is 1. The van der Waals surface area contributed by atoms with Crippen LogP contribution in [0.2, 0.25) is 5.02 Å². The molecule has 1 aliphatic heterocycles. The highest BCUT2D eigenvalue weighted by Gasteiger charge is 2.36. The number of halogens is 4. The van der Waals surface area contributed by atoms with Crippen LogP contribution >= 0.6 is 22.9 Å². The average Bonchev–Trinajstić information content (AvgIpc) is 3.45. The summed E-state index contributed by atoms with van der Waals surface area (Å²) in [6.45, 7) is 1.63. The van der Waals surface area contributed by atoms with Crippen molar-refractivity contribution in [2.45, 2.75) is 19.1 Å². The number of guanidine groups is 1. The van der Waals surface area contributed by atoms with Crippen molar-refractivity contribution in [3.05, 3.63) is 75.4 Å². The molecular weight excluding hydrogens is 519 g/mol. The second-order valence-electron chi connectivity index (χ2n) is 7.54. The van der Waals surface area contributed by atoms with E-state index >= 15 is 0 Å². The van der Waals surface area contributed by atoms with Crippen molar-refractivity contribution in [1.29, 1.82) is 0 Å². The fraction of sp³-hybridized carbons (Fsp3) is 0.136. The number of anilines is 2. The van der Waals surface area contributed by atoms with Gasteiger partial charge in [0.25, 0.3) is 5.91 Å². The Morgan fingerprint density at radius 3 is 2.61 bits per heavy atom. The van der Waals surface area contributed by atoms with Crippen molar-refractivity contribution < 1.29 is 22.4 Å². The molecule has 1 atom stereocenters. The van der Waals surface area contributed by atoms with Gasteiger partial charge in [-0.1, -0.05) is 53.3 Å². The largest absolute Gasteiger partial charge is 0.445 e. The summed E-state index contributed by atoms with van der Waals surface area (Å²) >= 11 is 6.63. The molecule has 0 saturated carbocycles. The van der Waals surface area contributed by atoms with E-state index in [9.17, 15) is 18.0 Å². The van der Waals surface area contributed by atoms with E-state index in [1.165, 1.54) is 0 Å². The summed E-state index contributed by atoms with van der Waals surface area (Å²) < 4.78 is 44.4. The number of nitrogens with zero attached hydrogens (tertiary/aromatic N) is 4. The molecule has 0 aliphatic carbocycles. The Bertz CT molecular complexity index is 1500. The molecule has 1 unspecified atom stereocenters. The number of oxazole rings is 1. The lowest BCUT2D eigenvalue weighted by molar-refractivity contribution is -0.138. The first kappa shape index (κ1) is 23.8. The molecule has 3 N–H and O–H groups in total. The lowest BCUT2D eigenvalue weighted by atomic mass is 9.95. The fourth-order valence-electron chi connectivity index (χ4n) is 3.54. The first-order valence-corrected chi connectivity index (χ1v) is 11.5. The Morgan fingerprint density at radius 1 is 1.14 bits per heavy atom. The van der Waals surface area contributed by atoms with Gasteiger partial charge in [-0.05, 0) is 25.1 Å². The number of carbonyl (C=O) groups excluding carboxylic acids is 1. The summed E-state index contributed by atoms with van der Waals surface area (Å²) in [5.41, 5.74) is 2.24. The predicted molar refractivity (Wildman–Crippen MR) is 129 cm³/mol. The monoisotopic (exact) mass is 533 g/mol. The molecule has 4 aromatic rings. The van der Waals surface area contributed by atoms with Crippen LogP contribution in [0.3, 0.4) is 0 Å². The number of alkyl halides is 3. The lowest BCUT2D eigenvalue weighted by Gasteiger charge is -2.26. The van der Waals surface area contributed by atoms with Crippen LogP contribution in [0.15, 0.2) is 69.2 Å². The molecular formula is C22H15ClF3N7O2S. The van der Waals surface area contributed by atoms with Crippen LogP contribution in [0, 0.1) is 0 Å². The molecule has 14 heteroatoms. The fourth-order valence-corrected chi connectivity index (χ4v) is 4.38. The Labute approximate surface area is 210 Å². The van der Waals surface area contributed by atoms with E-state index < -0.39 is 23.1 Å². The molecule has 0 spiro atoms. The second kappa shape index (κ2) is 9.24. The number of benzene rings is 2. The van der Waals surface area contributed by atoms with E-state index in [1.807, 2.05) is 12.1 Å². The summed E-state index contributed by atoms with van der Waals surface area (Å²) in [7, 11) is 0. The van der Waals surface area contributed by atoms with Crippen LogP contribution in [-0.4, -0.2) is 27.0 Å². The van der Waals surface area contributed by atoms with Crippen LogP contribution in [0.25, 0.3) is 11.1 Å². The molecule has 0 radical (unpaired) electrons. The molecule has 184 valence electrons. The Morgan fingerprint density at radius 2 is 1.89 bits per heavy atom.